The molecule has 0 aromatic carbocycles. The lowest BCUT2D eigenvalue weighted by molar-refractivity contribution is -0.333. The summed E-state index contributed by atoms with van der Waals surface area (Å²) in [4.78, 5) is 13.3. The smallest absolute Gasteiger partial charge is 0.256 e. The summed E-state index contributed by atoms with van der Waals surface area (Å²) in [6, 6.07) is 0. The van der Waals surface area contributed by atoms with E-state index in [2.05, 4.69) is 25.7 Å². The van der Waals surface area contributed by atoms with Gasteiger partial charge in [-0.3, -0.25) is 4.79 Å². The summed E-state index contributed by atoms with van der Waals surface area (Å²) in [5, 5.41) is 13.9. The van der Waals surface area contributed by atoms with Crippen LogP contribution >= 0.6 is 0 Å². The predicted molar refractivity (Wildman–Crippen MR) is 132 cm³/mol. The molecule has 3 aliphatic heterocycles. The molecule has 10 unspecified atom stereocenters. The third-order valence-electron chi connectivity index (χ3n) is 8.23. The standard InChI is InChI=1S/C26H45NO10/c1-14-11-26(33-9,37-16(3)15(14)2)21(28)23(29)27-24-20-19(34-13-35-24)22(32-8)25(4,5)18(36-20)10-17(31-7)12-30-6/h15-22,24,28H,1,10-13H2,2-9H3,(H,27,29). The average Bonchev–Trinajstić information content (AvgIpc) is 2.86. The number of carbonyl (C=O) groups excluding carboxylic acids is 1. The average molecular weight is 532 g/mol. The van der Waals surface area contributed by atoms with Gasteiger partial charge in [0.15, 0.2) is 12.3 Å². The number of hydrogen-bond acceptors (Lipinski definition) is 10. The maximum atomic E-state index is 13.3. The van der Waals surface area contributed by atoms with Crippen molar-refractivity contribution < 1.29 is 47.8 Å². The van der Waals surface area contributed by atoms with E-state index in [4.69, 9.17) is 37.9 Å². The minimum atomic E-state index is -1.64. The molecule has 10 atom stereocenters. The van der Waals surface area contributed by atoms with Gasteiger partial charge in [-0.25, -0.2) is 0 Å². The van der Waals surface area contributed by atoms with Crippen LogP contribution in [0.2, 0.25) is 0 Å². The second kappa shape index (κ2) is 12.4. The molecule has 3 heterocycles. The summed E-state index contributed by atoms with van der Waals surface area (Å²) in [6.45, 7) is 12.4. The maximum absolute atomic E-state index is 13.3. The van der Waals surface area contributed by atoms with Gasteiger partial charge in [0.25, 0.3) is 5.91 Å². The molecular formula is C26H45NO10. The van der Waals surface area contributed by atoms with Crippen molar-refractivity contribution in [3.05, 3.63) is 12.2 Å². The Bertz CT molecular complexity index is 793. The first-order valence-corrected chi connectivity index (χ1v) is 12.8. The number of hydrogen-bond donors (Lipinski definition) is 2. The minimum Gasteiger partial charge on any atom is -0.382 e. The quantitative estimate of drug-likeness (QED) is 0.400. The van der Waals surface area contributed by atoms with Gasteiger partial charge in [0.05, 0.1) is 31.0 Å². The van der Waals surface area contributed by atoms with E-state index in [0.717, 1.165) is 5.57 Å². The van der Waals surface area contributed by atoms with E-state index in [1.54, 1.807) is 21.3 Å². The minimum absolute atomic E-state index is 0.0639. The van der Waals surface area contributed by atoms with Crippen molar-refractivity contribution in [1.29, 1.82) is 0 Å². The molecule has 3 saturated heterocycles. The highest BCUT2D eigenvalue weighted by Crippen LogP contribution is 2.44. The third kappa shape index (κ3) is 6.05. The Labute approximate surface area is 220 Å². The first-order valence-electron chi connectivity index (χ1n) is 12.8. The molecule has 3 aliphatic rings. The summed E-state index contributed by atoms with van der Waals surface area (Å²) in [5.74, 6) is -2.21. The van der Waals surface area contributed by atoms with E-state index in [-0.39, 0.29) is 43.5 Å². The molecule has 0 aromatic rings. The van der Waals surface area contributed by atoms with E-state index < -0.39 is 41.6 Å². The van der Waals surface area contributed by atoms with Crippen LogP contribution in [0, 0.1) is 11.3 Å². The number of rotatable bonds is 10. The largest absolute Gasteiger partial charge is 0.382 e. The zero-order chi connectivity index (χ0) is 27.5. The van der Waals surface area contributed by atoms with Crippen LogP contribution in [0.5, 0.6) is 0 Å². The summed E-state index contributed by atoms with van der Waals surface area (Å²) in [6.07, 6.45) is -4.23. The van der Waals surface area contributed by atoms with Gasteiger partial charge in [-0.1, -0.05) is 32.9 Å². The van der Waals surface area contributed by atoms with Crippen molar-refractivity contribution in [3.8, 4) is 0 Å². The van der Waals surface area contributed by atoms with Crippen LogP contribution in [0.25, 0.3) is 0 Å². The highest BCUT2D eigenvalue weighted by molar-refractivity contribution is 5.82. The Hall–Kier alpha value is -1.15. The lowest BCUT2D eigenvalue weighted by Crippen LogP contribution is -2.69. The number of fused-ring (bicyclic) bond motifs is 1. The first-order chi connectivity index (χ1) is 17.4. The topological polar surface area (TPSA) is 123 Å². The highest BCUT2D eigenvalue weighted by atomic mass is 16.7. The van der Waals surface area contributed by atoms with Gasteiger partial charge in [0, 0.05) is 52.6 Å². The fourth-order valence-corrected chi connectivity index (χ4v) is 5.59. The van der Waals surface area contributed by atoms with Gasteiger partial charge in [-0.15, -0.1) is 0 Å². The van der Waals surface area contributed by atoms with Crippen molar-refractivity contribution in [2.24, 2.45) is 11.3 Å². The molecule has 1 amide bonds. The van der Waals surface area contributed by atoms with Crippen molar-refractivity contribution in [2.45, 2.75) is 95.3 Å². The van der Waals surface area contributed by atoms with Crippen LogP contribution in [0.4, 0.5) is 0 Å². The third-order valence-corrected chi connectivity index (χ3v) is 8.23. The van der Waals surface area contributed by atoms with Gasteiger partial charge in [0.1, 0.15) is 19.0 Å². The normalized spacial score (nSPS) is 39.5. The Morgan fingerprint density at radius 2 is 1.89 bits per heavy atom. The van der Waals surface area contributed by atoms with Crippen LogP contribution < -0.4 is 5.32 Å². The van der Waals surface area contributed by atoms with Crippen LogP contribution in [0.1, 0.15) is 40.5 Å². The molecule has 3 rings (SSSR count). The molecule has 0 aliphatic carbocycles. The molecule has 0 radical (unpaired) electrons. The first kappa shape index (κ1) is 30.4. The van der Waals surface area contributed by atoms with E-state index in [0.29, 0.717) is 13.0 Å². The number of methoxy groups -OCH3 is 4. The molecule has 0 saturated carbocycles. The zero-order valence-electron chi connectivity index (χ0n) is 23.4. The molecule has 214 valence electrons. The number of amides is 1. The summed E-state index contributed by atoms with van der Waals surface area (Å²) < 4.78 is 46.5. The van der Waals surface area contributed by atoms with Gasteiger partial charge >= 0.3 is 0 Å². The molecule has 3 fully saturated rings. The van der Waals surface area contributed by atoms with Crippen molar-refractivity contribution in [2.75, 3.05) is 41.8 Å². The molecule has 2 N–H and O–H groups in total. The van der Waals surface area contributed by atoms with E-state index in [1.807, 2.05) is 13.8 Å². The molecule has 11 heteroatoms. The number of ether oxygens (including phenoxy) is 8. The van der Waals surface area contributed by atoms with Gasteiger partial charge in [-0.2, -0.15) is 0 Å². The van der Waals surface area contributed by atoms with E-state index in [1.165, 1.54) is 7.11 Å². The number of nitrogens with one attached hydrogen (secondary N) is 1. The number of aliphatic hydroxyl groups excluding tert-OH is 1. The summed E-state index contributed by atoms with van der Waals surface area (Å²) in [5.41, 5.74) is 0.386. The molecule has 37 heavy (non-hydrogen) atoms. The van der Waals surface area contributed by atoms with Crippen LogP contribution in [0.15, 0.2) is 12.2 Å². The number of aliphatic hydroxyl groups is 1. The molecule has 11 nitrogen and oxygen atoms in total. The SMILES string of the molecule is C=C1CC(OC)(C(O)C(=O)NC2OCOC3C2OC(CC(COC)OC)C(C)(C)C3OC)OC(C)C1C. The lowest BCUT2D eigenvalue weighted by Gasteiger charge is -2.54. The van der Waals surface area contributed by atoms with Crippen molar-refractivity contribution >= 4 is 5.91 Å². The fourth-order valence-electron chi connectivity index (χ4n) is 5.59. The molecular weight excluding hydrogens is 486 g/mol. The zero-order valence-corrected chi connectivity index (χ0v) is 23.4. The molecule has 0 spiro atoms. The van der Waals surface area contributed by atoms with Crippen molar-refractivity contribution in [1.82, 2.24) is 5.32 Å². The highest BCUT2D eigenvalue weighted by Gasteiger charge is 2.57. The van der Waals surface area contributed by atoms with Crippen LogP contribution in [0.3, 0.4) is 0 Å². The Kier molecular flexibility index (Phi) is 10.1. The second-order valence-electron chi connectivity index (χ2n) is 10.8. The predicted octanol–water partition coefficient (Wildman–Crippen LogP) is 1.37. The van der Waals surface area contributed by atoms with Crippen LogP contribution in [-0.4, -0.2) is 108 Å². The van der Waals surface area contributed by atoms with Crippen LogP contribution in [-0.2, 0) is 42.7 Å². The van der Waals surface area contributed by atoms with E-state index in [9.17, 15) is 9.90 Å². The maximum Gasteiger partial charge on any atom is 0.256 e. The molecule has 0 aromatic heterocycles. The molecule has 0 bridgehead atoms. The Balaban J connectivity index is 1.80. The lowest BCUT2D eigenvalue weighted by atomic mass is 9.72. The van der Waals surface area contributed by atoms with Gasteiger partial charge in [-0.05, 0) is 6.92 Å². The summed E-state index contributed by atoms with van der Waals surface area (Å²) >= 11 is 0. The Morgan fingerprint density at radius 3 is 2.46 bits per heavy atom. The number of carbonyl (C=O) groups is 1. The van der Waals surface area contributed by atoms with Gasteiger partial charge in [0.2, 0.25) is 5.79 Å². The monoisotopic (exact) mass is 531 g/mol. The van der Waals surface area contributed by atoms with E-state index >= 15 is 0 Å². The fraction of sp³-hybridized carbons (Fsp3) is 0.885. The summed E-state index contributed by atoms with van der Waals surface area (Å²) in [7, 11) is 6.28. The van der Waals surface area contributed by atoms with Gasteiger partial charge < -0.3 is 48.3 Å². The second-order valence-corrected chi connectivity index (χ2v) is 10.8. The van der Waals surface area contributed by atoms with Crippen molar-refractivity contribution in [3.63, 3.8) is 0 Å². The Morgan fingerprint density at radius 1 is 1.19 bits per heavy atom.